The fourth-order valence-corrected chi connectivity index (χ4v) is 3.63. The average molecular weight is 371 g/mol. The van der Waals surface area contributed by atoms with Gasteiger partial charge in [-0.25, -0.2) is 9.97 Å². The third-order valence-corrected chi connectivity index (χ3v) is 5.03. The Hall–Kier alpha value is -3.46. The van der Waals surface area contributed by atoms with Crippen molar-refractivity contribution in [2.24, 2.45) is 5.92 Å². The van der Waals surface area contributed by atoms with Crippen molar-refractivity contribution in [2.45, 2.75) is 13.3 Å². The smallest absolute Gasteiger partial charge is 0.224 e. The highest BCUT2D eigenvalue weighted by Crippen LogP contribution is 2.33. The van der Waals surface area contributed by atoms with E-state index in [-0.39, 0.29) is 11.8 Å². The second-order valence-electron chi connectivity index (χ2n) is 6.90. The molecular weight excluding hydrogens is 350 g/mol. The summed E-state index contributed by atoms with van der Waals surface area (Å²) in [4.78, 5) is 24.1. The zero-order chi connectivity index (χ0) is 19.5. The minimum atomic E-state index is -0.0495. The normalized spacial score (nSPS) is 16.1. The molecule has 1 amide bonds. The van der Waals surface area contributed by atoms with Gasteiger partial charge < -0.3 is 10.2 Å². The Morgan fingerprint density at radius 2 is 2.00 bits per heavy atom. The predicted molar refractivity (Wildman–Crippen MR) is 109 cm³/mol. The van der Waals surface area contributed by atoms with Crippen molar-refractivity contribution in [3.63, 3.8) is 0 Å². The molecule has 2 aromatic carbocycles. The van der Waals surface area contributed by atoms with E-state index in [1.54, 1.807) is 6.07 Å². The molecule has 1 unspecified atom stereocenters. The van der Waals surface area contributed by atoms with Crippen LogP contribution in [0.2, 0.25) is 0 Å². The lowest BCUT2D eigenvalue weighted by atomic mass is 10.1. The van der Waals surface area contributed by atoms with Gasteiger partial charge >= 0.3 is 0 Å². The molecule has 1 N–H and O–H groups in total. The van der Waals surface area contributed by atoms with E-state index >= 15 is 0 Å². The molecule has 1 aliphatic rings. The van der Waals surface area contributed by atoms with Gasteiger partial charge in [0.2, 0.25) is 5.91 Å². The Morgan fingerprint density at radius 3 is 2.75 bits per heavy atom. The van der Waals surface area contributed by atoms with Crippen molar-refractivity contribution in [1.82, 2.24) is 15.3 Å². The van der Waals surface area contributed by atoms with Crippen LogP contribution in [-0.4, -0.2) is 35.5 Å². The first kappa shape index (κ1) is 17.9. The number of nitrogens with zero attached hydrogens (tertiary/aromatic N) is 4. The van der Waals surface area contributed by atoms with Gasteiger partial charge in [0.05, 0.1) is 28.6 Å². The van der Waals surface area contributed by atoms with E-state index in [2.05, 4.69) is 16.3 Å². The summed E-state index contributed by atoms with van der Waals surface area (Å²) in [6.07, 6.45) is 0.790. The summed E-state index contributed by atoms with van der Waals surface area (Å²) < 4.78 is 0. The maximum atomic E-state index is 12.3. The molecule has 0 spiro atoms. The van der Waals surface area contributed by atoms with E-state index in [1.165, 1.54) is 0 Å². The van der Waals surface area contributed by atoms with Crippen LogP contribution in [0.4, 0.5) is 5.82 Å². The summed E-state index contributed by atoms with van der Waals surface area (Å²) in [5.41, 5.74) is 3.81. The highest BCUT2D eigenvalue weighted by molar-refractivity contribution is 5.85. The zero-order valence-corrected chi connectivity index (χ0v) is 15.7. The van der Waals surface area contributed by atoms with Crippen LogP contribution in [0.25, 0.3) is 22.3 Å². The van der Waals surface area contributed by atoms with Crippen LogP contribution in [0, 0.1) is 17.2 Å². The number of benzene rings is 2. The highest BCUT2D eigenvalue weighted by Gasteiger charge is 2.30. The second-order valence-corrected chi connectivity index (χ2v) is 6.90. The molecule has 3 aromatic rings. The quantitative estimate of drug-likeness (QED) is 0.762. The number of carbonyl (C=O) groups is 1. The van der Waals surface area contributed by atoms with Gasteiger partial charge in [0.15, 0.2) is 5.82 Å². The maximum absolute atomic E-state index is 12.3. The third-order valence-electron chi connectivity index (χ3n) is 5.03. The summed E-state index contributed by atoms with van der Waals surface area (Å²) >= 11 is 0. The molecule has 1 atom stereocenters. The number of para-hydroxylation sites is 2. The van der Waals surface area contributed by atoms with Gasteiger partial charge in [-0.15, -0.1) is 0 Å². The number of fused-ring (bicyclic) bond motifs is 1. The summed E-state index contributed by atoms with van der Waals surface area (Å²) in [7, 11) is 0. The molecular formula is C22H21N5O. The van der Waals surface area contributed by atoms with E-state index in [4.69, 9.17) is 9.97 Å². The zero-order valence-electron chi connectivity index (χ0n) is 15.7. The Bertz CT molecular complexity index is 1070. The Labute approximate surface area is 163 Å². The lowest BCUT2D eigenvalue weighted by molar-refractivity contribution is -0.124. The Balaban J connectivity index is 1.78. The molecule has 0 radical (unpaired) electrons. The van der Waals surface area contributed by atoms with Gasteiger partial charge in [-0.3, -0.25) is 4.79 Å². The summed E-state index contributed by atoms with van der Waals surface area (Å²) in [6.45, 7) is 3.93. The van der Waals surface area contributed by atoms with Gasteiger partial charge in [0.25, 0.3) is 0 Å². The lowest BCUT2D eigenvalue weighted by Crippen LogP contribution is -2.32. The van der Waals surface area contributed by atoms with Crippen molar-refractivity contribution in [3.05, 3.63) is 54.1 Å². The van der Waals surface area contributed by atoms with Crippen molar-refractivity contribution < 1.29 is 4.79 Å². The third kappa shape index (κ3) is 3.39. The topological polar surface area (TPSA) is 81.9 Å². The van der Waals surface area contributed by atoms with E-state index in [1.807, 2.05) is 49.4 Å². The molecule has 140 valence electrons. The minimum absolute atomic E-state index is 0.0495. The van der Waals surface area contributed by atoms with Crippen molar-refractivity contribution >= 4 is 22.8 Å². The fourth-order valence-electron chi connectivity index (χ4n) is 3.63. The summed E-state index contributed by atoms with van der Waals surface area (Å²) in [6, 6.07) is 17.4. The predicted octanol–water partition coefficient (Wildman–Crippen LogP) is 3.13. The Kier molecular flexibility index (Phi) is 4.90. The minimum Gasteiger partial charge on any atom is -0.356 e. The molecule has 6 heteroatoms. The number of aromatic nitrogens is 2. The van der Waals surface area contributed by atoms with Gasteiger partial charge in [0.1, 0.15) is 5.69 Å². The van der Waals surface area contributed by atoms with E-state index in [9.17, 15) is 10.1 Å². The van der Waals surface area contributed by atoms with E-state index < -0.39 is 0 Å². The van der Waals surface area contributed by atoms with Crippen LogP contribution in [0.3, 0.4) is 0 Å². The van der Waals surface area contributed by atoms with E-state index in [0.717, 1.165) is 41.1 Å². The molecule has 1 aliphatic heterocycles. The Morgan fingerprint density at radius 1 is 1.21 bits per heavy atom. The molecule has 1 aromatic heterocycles. The molecule has 28 heavy (non-hydrogen) atoms. The van der Waals surface area contributed by atoms with Crippen LogP contribution in [0.15, 0.2) is 48.5 Å². The molecule has 0 saturated carbocycles. The van der Waals surface area contributed by atoms with Gasteiger partial charge in [-0.1, -0.05) is 24.3 Å². The number of hydrogen-bond donors (Lipinski definition) is 1. The number of rotatable bonds is 4. The van der Waals surface area contributed by atoms with Gasteiger partial charge in [-0.05, 0) is 37.6 Å². The van der Waals surface area contributed by atoms with Gasteiger partial charge in [0, 0.05) is 25.2 Å². The van der Waals surface area contributed by atoms with Crippen LogP contribution < -0.4 is 10.2 Å². The van der Waals surface area contributed by atoms with Crippen LogP contribution in [0.1, 0.15) is 18.9 Å². The highest BCUT2D eigenvalue weighted by atomic mass is 16.1. The first-order chi connectivity index (χ1) is 13.7. The van der Waals surface area contributed by atoms with Crippen LogP contribution in [-0.2, 0) is 4.79 Å². The fraction of sp³-hybridized carbons (Fsp3) is 0.273. The van der Waals surface area contributed by atoms with E-state index in [0.29, 0.717) is 18.7 Å². The molecule has 6 nitrogen and oxygen atoms in total. The molecule has 2 heterocycles. The number of nitriles is 1. The number of hydrogen-bond acceptors (Lipinski definition) is 5. The molecule has 4 rings (SSSR count). The van der Waals surface area contributed by atoms with Gasteiger partial charge in [-0.2, -0.15) is 5.26 Å². The number of anilines is 1. The van der Waals surface area contributed by atoms with Crippen LogP contribution in [0.5, 0.6) is 0 Å². The van der Waals surface area contributed by atoms with Crippen LogP contribution >= 0.6 is 0 Å². The molecule has 0 bridgehead atoms. The number of carbonyl (C=O) groups excluding carboxylic acids is 1. The SMILES string of the molecule is CCNC(=O)C1CCN(c2nc3ccccc3nc2-c2cccc(C#N)c2)C1. The number of nitrogens with one attached hydrogen (secondary N) is 1. The molecule has 1 fully saturated rings. The van der Waals surface area contributed by atoms with Crippen molar-refractivity contribution in [3.8, 4) is 17.3 Å². The second kappa shape index (κ2) is 7.65. The largest absolute Gasteiger partial charge is 0.356 e. The van der Waals surface area contributed by atoms with Crippen molar-refractivity contribution in [1.29, 1.82) is 5.26 Å². The standard InChI is InChI=1S/C22H21N5O/c1-2-24-22(28)17-10-11-27(14-17)21-20(16-7-5-6-15(12-16)13-23)25-18-8-3-4-9-19(18)26-21/h3-9,12,17H,2,10-11,14H2,1H3,(H,24,28). The first-order valence-corrected chi connectivity index (χ1v) is 9.49. The first-order valence-electron chi connectivity index (χ1n) is 9.49. The van der Waals surface area contributed by atoms with Crippen molar-refractivity contribution in [2.75, 3.05) is 24.5 Å². The molecule has 0 aliphatic carbocycles. The number of amides is 1. The summed E-state index contributed by atoms with van der Waals surface area (Å²) in [5, 5.41) is 12.2. The maximum Gasteiger partial charge on any atom is 0.224 e. The lowest BCUT2D eigenvalue weighted by Gasteiger charge is -2.21. The summed E-state index contributed by atoms with van der Waals surface area (Å²) in [5.74, 6) is 0.805. The average Bonchev–Trinajstić information content (AvgIpc) is 3.23. The monoisotopic (exact) mass is 371 g/mol. The molecule has 1 saturated heterocycles.